The van der Waals surface area contributed by atoms with Crippen LogP contribution in [0.4, 0.5) is 15.8 Å². The second kappa shape index (κ2) is 12.8. The van der Waals surface area contributed by atoms with Crippen molar-refractivity contribution in [3.05, 3.63) is 79.9 Å². The zero-order valence-corrected chi connectivity index (χ0v) is 16.3. The van der Waals surface area contributed by atoms with Gasteiger partial charge in [0.05, 0.1) is 18.4 Å². The second-order valence-corrected chi connectivity index (χ2v) is 5.98. The number of hydrogen-bond donors (Lipinski definition) is 0. The molecule has 8 nitrogen and oxygen atoms in total. The summed E-state index contributed by atoms with van der Waals surface area (Å²) in [6, 6.07) is 12.0. The summed E-state index contributed by atoms with van der Waals surface area (Å²) in [5, 5.41) is 20.6. The minimum Gasteiger partial charge on any atom is -0.300 e. The van der Waals surface area contributed by atoms with E-state index in [1.807, 2.05) is 0 Å². The third-order valence-electron chi connectivity index (χ3n) is 3.81. The van der Waals surface area contributed by atoms with Crippen LogP contribution in [0.1, 0.15) is 39.2 Å². The molecule has 0 fully saturated rings. The lowest BCUT2D eigenvalue weighted by molar-refractivity contribution is -0.385. The molecule has 2 rings (SSSR count). The molecule has 156 valence electrons. The number of nitro groups is 2. The van der Waals surface area contributed by atoms with Gasteiger partial charge >= 0.3 is 0 Å². The highest BCUT2D eigenvalue weighted by Crippen LogP contribution is 2.19. The molecule has 1 atom stereocenters. The monoisotopic (exact) mass is 407 g/mol. The lowest BCUT2D eigenvalue weighted by Crippen LogP contribution is -2.03. The minimum absolute atomic E-state index is 0.0458. The van der Waals surface area contributed by atoms with Gasteiger partial charge in [0.1, 0.15) is 11.6 Å². The van der Waals surface area contributed by atoms with Gasteiger partial charge in [-0.15, -0.1) is 0 Å². The molecule has 9 heteroatoms. The third-order valence-corrected chi connectivity index (χ3v) is 3.81. The number of carbonyl (C=O) groups is 2. The molecular weight excluding hydrogens is 383 g/mol. The first-order valence-corrected chi connectivity index (χ1v) is 8.36. The molecule has 2 aromatic carbocycles. The molecule has 0 amide bonds. The normalized spacial score (nSPS) is 10.8. The van der Waals surface area contributed by atoms with Crippen LogP contribution < -0.4 is 0 Å². The Morgan fingerprint density at radius 1 is 0.966 bits per heavy atom. The molecule has 0 bridgehead atoms. The number of nitro benzene ring substituents is 2. The first-order valence-electron chi connectivity index (χ1n) is 9.06. The van der Waals surface area contributed by atoms with Crippen molar-refractivity contribution < 1.29 is 25.2 Å². The Bertz CT molecular complexity index is 857. The maximum absolute atomic E-state index is 11.0. The number of halogens is 1. The smallest absolute Gasteiger partial charge is 0.269 e. The zero-order chi connectivity index (χ0) is 23.3. The van der Waals surface area contributed by atoms with E-state index < -0.39 is 17.0 Å². The maximum Gasteiger partial charge on any atom is 0.269 e. The molecule has 0 aromatic heterocycles. The number of hydrogen-bond acceptors (Lipinski definition) is 6. The molecule has 2 aromatic rings. The highest BCUT2D eigenvalue weighted by molar-refractivity contribution is 5.82. The van der Waals surface area contributed by atoms with Gasteiger partial charge in [-0.05, 0) is 25.0 Å². The van der Waals surface area contributed by atoms with Crippen molar-refractivity contribution in [3.63, 3.8) is 0 Å². The second-order valence-electron chi connectivity index (χ2n) is 5.98. The summed E-state index contributed by atoms with van der Waals surface area (Å²) in [4.78, 5) is 41.4. The first kappa shape index (κ1) is 23.5. The summed E-state index contributed by atoms with van der Waals surface area (Å²) in [5.74, 6) is -0.0940. The van der Waals surface area contributed by atoms with Crippen LogP contribution in [0.2, 0.25) is 0 Å². The first-order chi connectivity index (χ1) is 14.0. The summed E-state index contributed by atoms with van der Waals surface area (Å²) in [6.45, 7) is 4.77. The average molecular weight is 407 g/mol. The fraction of sp³-hybridized carbons (Fsp3) is 0.300. The molecule has 0 heterocycles. The molecule has 0 saturated heterocycles. The van der Waals surface area contributed by atoms with E-state index in [1.54, 1.807) is 31.2 Å². The molecule has 0 aliphatic carbocycles. The Balaban J connectivity index is 0.000000497. The van der Waals surface area contributed by atoms with Gasteiger partial charge in [0.15, 0.2) is 0 Å². The van der Waals surface area contributed by atoms with E-state index >= 15 is 0 Å². The lowest BCUT2D eigenvalue weighted by Gasteiger charge is -2.06. The molecule has 29 heavy (non-hydrogen) atoms. The van der Waals surface area contributed by atoms with Crippen molar-refractivity contribution in [2.75, 3.05) is 7.15 Å². The fourth-order valence-electron chi connectivity index (χ4n) is 2.14. The van der Waals surface area contributed by atoms with Gasteiger partial charge in [0.2, 0.25) is 0 Å². The van der Waals surface area contributed by atoms with E-state index in [4.69, 9.17) is 1.37 Å². The molecule has 1 unspecified atom stereocenters. The lowest BCUT2D eigenvalue weighted by atomic mass is 9.98. The number of Topliss-reactive ketones (excluding diaryl/α,β-unsaturated/α-hetero) is 2. The number of non-ortho nitro benzene ring substituents is 2. The maximum atomic E-state index is 11.0. The number of alkyl halides is 1. The standard InChI is InChI=1S/C10H11NO3.C9H9NO3.CH3F/c1-7(8(2)12)9-3-5-10(6-4-9)11(13)14;1-7(11)6-8-2-4-9(5-3-8)10(12)13;1-2/h3-7H,1-2H3;2-5H,6H2,1H3;1H3/i;;1D. The number of ketones is 2. The van der Waals surface area contributed by atoms with Crippen LogP contribution in [-0.2, 0) is 16.0 Å². The van der Waals surface area contributed by atoms with Crippen LogP contribution in [0, 0.1) is 20.2 Å². The summed E-state index contributed by atoms with van der Waals surface area (Å²) in [5.41, 5.74) is 1.71. The van der Waals surface area contributed by atoms with Crippen molar-refractivity contribution in [3.8, 4) is 0 Å². The molecule has 0 spiro atoms. The van der Waals surface area contributed by atoms with Gasteiger partial charge in [-0.25, -0.2) is 0 Å². The number of carbonyl (C=O) groups excluding carboxylic acids is 2. The summed E-state index contributed by atoms with van der Waals surface area (Å²) < 4.78 is 15.5. The zero-order valence-electron chi connectivity index (χ0n) is 17.3. The predicted molar refractivity (Wildman–Crippen MR) is 107 cm³/mol. The highest BCUT2D eigenvalue weighted by atomic mass is 19.1. The molecule has 0 N–H and O–H groups in total. The highest BCUT2D eigenvalue weighted by Gasteiger charge is 2.12. The Kier molecular flexibility index (Phi) is 10.4. The Hall–Kier alpha value is -3.49. The third kappa shape index (κ3) is 9.32. The minimum atomic E-state index is -1.00. The van der Waals surface area contributed by atoms with Crippen LogP contribution >= 0.6 is 0 Å². The topological polar surface area (TPSA) is 120 Å². The van der Waals surface area contributed by atoms with Crippen LogP contribution in [-0.4, -0.2) is 28.6 Å². The largest absolute Gasteiger partial charge is 0.300 e. The quantitative estimate of drug-likeness (QED) is 0.510. The van der Waals surface area contributed by atoms with Gasteiger partial charge in [-0.3, -0.25) is 34.2 Å². The van der Waals surface area contributed by atoms with Gasteiger partial charge in [0.25, 0.3) is 11.4 Å². The van der Waals surface area contributed by atoms with Crippen LogP contribution in [0.3, 0.4) is 0 Å². The average Bonchev–Trinajstić information content (AvgIpc) is 2.68. The number of rotatable bonds is 6. The molecule has 0 radical (unpaired) electrons. The van der Waals surface area contributed by atoms with E-state index in [-0.39, 0.29) is 28.9 Å². The van der Waals surface area contributed by atoms with E-state index in [1.165, 1.54) is 38.1 Å². The predicted octanol–water partition coefficient (Wildman–Crippen LogP) is 4.60. The van der Waals surface area contributed by atoms with Crippen LogP contribution in [0.5, 0.6) is 0 Å². The van der Waals surface area contributed by atoms with E-state index in [2.05, 4.69) is 0 Å². The SMILES string of the molecule is CC(=O)C(C)c1ccc([N+](=O)[O-])cc1.CC(=O)Cc1ccc([N+](=O)[O-])cc1.[2H]CF. The van der Waals surface area contributed by atoms with Gasteiger partial charge in [-0.1, -0.05) is 31.2 Å². The summed E-state index contributed by atoms with van der Waals surface area (Å²) in [6.07, 6.45) is 0.331. The van der Waals surface area contributed by atoms with Crippen molar-refractivity contribution in [2.24, 2.45) is 0 Å². The number of benzene rings is 2. The van der Waals surface area contributed by atoms with E-state index in [0.717, 1.165) is 11.1 Å². The van der Waals surface area contributed by atoms with E-state index in [9.17, 15) is 34.2 Å². The van der Waals surface area contributed by atoms with Crippen molar-refractivity contribution in [2.45, 2.75) is 33.1 Å². The van der Waals surface area contributed by atoms with Gasteiger partial charge < -0.3 is 0 Å². The van der Waals surface area contributed by atoms with Crippen LogP contribution in [0.25, 0.3) is 0 Å². The molecule has 0 saturated carbocycles. The molecule has 0 aliphatic rings. The summed E-state index contributed by atoms with van der Waals surface area (Å²) >= 11 is 0. The van der Waals surface area contributed by atoms with Crippen molar-refractivity contribution >= 4 is 22.9 Å². The Morgan fingerprint density at radius 3 is 1.66 bits per heavy atom. The van der Waals surface area contributed by atoms with Crippen molar-refractivity contribution in [1.29, 1.82) is 0 Å². The van der Waals surface area contributed by atoms with E-state index in [0.29, 0.717) is 6.42 Å². The Morgan fingerprint density at radius 2 is 1.34 bits per heavy atom. The molecule has 0 aliphatic heterocycles. The van der Waals surface area contributed by atoms with Gasteiger partial charge in [-0.2, -0.15) is 0 Å². The molecular formula is C20H23FN2O6. The Labute approximate surface area is 169 Å². The number of nitrogens with zero attached hydrogens (tertiary/aromatic N) is 2. The fourth-order valence-corrected chi connectivity index (χ4v) is 2.14. The summed E-state index contributed by atoms with van der Waals surface area (Å²) in [7, 11) is -1.00. The van der Waals surface area contributed by atoms with Crippen molar-refractivity contribution in [1.82, 2.24) is 0 Å². The van der Waals surface area contributed by atoms with Crippen LogP contribution in [0.15, 0.2) is 48.5 Å². The van der Waals surface area contributed by atoms with Gasteiger partial charge in [0, 0.05) is 36.6 Å².